The number of likely N-dealkylation sites (N-methyl/N-ethyl adjacent to an activating group) is 1. The molecule has 5 heteroatoms. The highest BCUT2D eigenvalue weighted by atomic mass is 32.1. The lowest BCUT2D eigenvalue weighted by Gasteiger charge is -2.47. The Balaban J connectivity index is 1.02. The second-order valence-electron chi connectivity index (χ2n) is 16.3. The molecule has 4 aliphatic rings. The monoisotopic (exact) mass is 754 g/mol. The van der Waals surface area contributed by atoms with Crippen LogP contribution in [-0.2, 0) is 0 Å². The Bertz CT molecular complexity index is 3000. The Morgan fingerprint density at radius 1 is 0.702 bits per heavy atom. The molecule has 1 N–H and O–H groups in total. The topological polar surface area (TPSA) is 23.4 Å². The molecule has 0 radical (unpaired) electrons. The molecular weight excluding hydrogens is 713 g/mol. The van der Waals surface area contributed by atoms with E-state index in [1.54, 1.807) is 0 Å². The zero-order chi connectivity index (χ0) is 37.8. The molecule has 4 nitrogen and oxygen atoms in total. The molecule has 4 atom stereocenters. The average molecular weight is 755 g/mol. The van der Waals surface area contributed by atoms with E-state index in [-0.39, 0.29) is 12.2 Å². The molecule has 12 rings (SSSR count). The Morgan fingerprint density at radius 3 is 2.32 bits per heavy atom. The molecule has 0 bridgehead atoms. The lowest BCUT2D eigenvalue weighted by Crippen LogP contribution is -2.52. The van der Waals surface area contributed by atoms with Gasteiger partial charge < -0.3 is 19.7 Å². The molecule has 276 valence electrons. The van der Waals surface area contributed by atoms with Crippen molar-refractivity contribution in [1.29, 1.82) is 0 Å². The maximum atomic E-state index is 4.27. The minimum atomic E-state index is -0.0321. The number of thiophene rings is 1. The number of para-hydroxylation sites is 3. The summed E-state index contributed by atoms with van der Waals surface area (Å²) >= 11 is 1.89. The molecule has 2 aliphatic heterocycles. The van der Waals surface area contributed by atoms with Gasteiger partial charge in [-0.15, -0.1) is 11.3 Å². The third-order valence-corrected chi connectivity index (χ3v) is 14.2. The van der Waals surface area contributed by atoms with E-state index in [0.29, 0.717) is 11.8 Å². The summed E-state index contributed by atoms with van der Waals surface area (Å²) in [5, 5.41) is 9.37. The molecule has 0 spiro atoms. The maximum absolute atomic E-state index is 4.27. The number of hydrogen-bond acceptors (Lipinski definition) is 4. The lowest BCUT2D eigenvalue weighted by molar-refractivity contribution is 0.532. The molecule has 0 saturated carbocycles. The van der Waals surface area contributed by atoms with Crippen molar-refractivity contribution in [3.63, 3.8) is 0 Å². The molecule has 57 heavy (non-hydrogen) atoms. The zero-order valence-electron chi connectivity index (χ0n) is 32.1. The van der Waals surface area contributed by atoms with Gasteiger partial charge >= 0.3 is 0 Å². The van der Waals surface area contributed by atoms with E-state index in [1.165, 1.54) is 93.1 Å². The zero-order valence-corrected chi connectivity index (χ0v) is 32.9. The van der Waals surface area contributed by atoms with E-state index in [4.69, 9.17) is 0 Å². The number of benzene rings is 6. The van der Waals surface area contributed by atoms with Gasteiger partial charge in [-0.2, -0.15) is 0 Å². The van der Waals surface area contributed by atoms with Crippen LogP contribution in [0.5, 0.6) is 0 Å². The SMILES string of the molecule is CC1C=C2CC3C(=CC2=CC1)N(C1Nc2c(sc4ccc(-c5ccc6c7ccccc7n(-c7ccccc7)c6c5)cc24)N(C)C1c1ccccc1)c1ccccc13. The molecule has 2 aliphatic carbocycles. The molecule has 6 aromatic carbocycles. The van der Waals surface area contributed by atoms with Crippen molar-refractivity contribution in [2.45, 2.75) is 37.9 Å². The van der Waals surface area contributed by atoms with Crippen LogP contribution in [0.15, 0.2) is 181 Å². The molecule has 0 amide bonds. The van der Waals surface area contributed by atoms with Crippen molar-refractivity contribution in [1.82, 2.24) is 4.57 Å². The highest BCUT2D eigenvalue weighted by Crippen LogP contribution is 2.57. The summed E-state index contributed by atoms with van der Waals surface area (Å²) in [7, 11) is 2.30. The number of allylic oxidation sites excluding steroid dienone is 6. The Morgan fingerprint density at radius 2 is 1.44 bits per heavy atom. The molecule has 4 heterocycles. The number of rotatable bonds is 4. The lowest BCUT2D eigenvalue weighted by atomic mass is 9.79. The summed E-state index contributed by atoms with van der Waals surface area (Å²) in [5.74, 6) is 0.931. The molecule has 2 aromatic heterocycles. The van der Waals surface area contributed by atoms with E-state index in [2.05, 4.69) is 197 Å². The first-order chi connectivity index (χ1) is 28.1. The van der Waals surface area contributed by atoms with E-state index in [0.717, 1.165) is 12.8 Å². The van der Waals surface area contributed by atoms with Crippen molar-refractivity contribution in [2.75, 3.05) is 22.2 Å². The number of aromatic nitrogens is 1. The molecule has 0 fully saturated rings. The molecule has 8 aromatic rings. The van der Waals surface area contributed by atoms with Crippen LogP contribution >= 0.6 is 11.3 Å². The van der Waals surface area contributed by atoms with E-state index in [1.807, 2.05) is 11.3 Å². The van der Waals surface area contributed by atoms with E-state index in [9.17, 15) is 0 Å². The summed E-state index contributed by atoms with van der Waals surface area (Å²) in [6.45, 7) is 2.34. The van der Waals surface area contributed by atoms with Gasteiger partial charge in [0.2, 0.25) is 0 Å². The quantitative estimate of drug-likeness (QED) is 0.194. The summed E-state index contributed by atoms with van der Waals surface area (Å²) in [6.07, 6.45) is 9.63. The summed E-state index contributed by atoms with van der Waals surface area (Å²) < 4.78 is 3.70. The third-order valence-electron chi connectivity index (χ3n) is 12.9. The fourth-order valence-electron chi connectivity index (χ4n) is 10.3. The first-order valence-corrected chi connectivity index (χ1v) is 21.1. The van der Waals surface area contributed by atoms with Crippen molar-refractivity contribution in [2.24, 2.45) is 5.92 Å². The first kappa shape index (κ1) is 32.9. The third kappa shape index (κ3) is 4.98. The van der Waals surface area contributed by atoms with Gasteiger partial charge in [0.25, 0.3) is 0 Å². The van der Waals surface area contributed by atoms with Gasteiger partial charge in [-0.25, -0.2) is 0 Å². The van der Waals surface area contributed by atoms with Gasteiger partial charge in [0.05, 0.1) is 22.8 Å². The molecule has 0 saturated heterocycles. The van der Waals surface area contributed by atoms with Gasteiger partial charge in [0, 0.05) is 50.9 Å². The number of hydrogen-bond donors (Lipinski definition) is 1. The summed E-state index contributed by atoms with van der Waals surface area (Å²) in [4.78, 5) is 5.21. The van der Waals surface area contributed by atoms with Crippen LogP contribution in [0.25, 0.3) is 48.7 Å². The van der Waals surface area contributed by atoms with Crippen molar-refractivity contribution in [3.05, 3.63) is 192 Å². The van der Waals surface area contributed by atoms with Gasteiger partial charge in [-0.05, 0) is 101 Å². The minimum Gasteiger partial charge on any atom is -0.360 e. The van der Waals surface area contributed by atoms with E-state index < -0.39 is 0 Å². The highest BCUT2D eigenvalue weighted by molar-refractivity contribution is 7.23. The second-order valence-corrected chi connectivity index (χ2v) is 17.3. The number of anilines is 3. The second kappa shape index (κ2) is 12.6. The predicted octanol–water partition coefficient (Wildman–Crippen LogP) is 13.4. The fourth-order valence-corrected chi connectivity index (χ4v) is 11.5. The summed E-state index contributed by atoms with van der Waals surface area (Å²) in [5.41, 5.74) is 15.7. The number of nitrogens with zero attached hydrogens (tertiary/aromatic N) is 3. The van der Waals surface area contributed by atoms with Crippen molar-refractivity contribution >= 4 is 59.6 Å². The first-order valence-electron chi connectivity index (χ1n) is 20.3. The van der Waals surface area contributed by atoms with Crippen LogP contribution in [-0.4, -0.2) is 17.8 Å². The van der Waals surface area contributed by atoms with Crippen LogP contribution in [0.4, 0.5) is 16.4 Å². The fraction of sp³-hybridized carbons (Fsp3) is 0.154. The van der Waals surface area contributed by atoms with Gasteiger partial charge in [0.15, 0.2) is 0 Å². The molecule has 4 unspecified atom stereocenters. The Hall–Kier alpha value is -6.30. The van der Waals surface area contributed by atoms with Gasteiger partial charge in [-0.1, -0.05) is 122 Å². The normalized spacial score (nSPS) is 21.1. The number of nitrogens with one attached hydrogen (secondary N) is 1. The highest BCUT2D eigenvalue weighted by Gasteiger charge is 2.46. The standard InChI is InChI=1S/C52H42N4S/c1-32-21-22-36-31-47-42(29-37(36)27-32)40-18-10-12-20-45(40)56(47)51-50(33-13-5-3-6-14-33)54(2)52-49(53-51)43-28-34(24-26-48(43)57-52)35-23-25-41-39-17-9-11-19-44(39)55(46(41)30-35)38-15-7-4-8-16-38/h3-20,22-28,30-32,42,50-51,53H,21,29H2,1-2H3. The minimum absolute atomic E-state index is 0.0321. The number of fused-ring (bicyclic) bond motifs is 10. The van der Waals surface area contributed by atoms with Crippen LogP contribution in [0.3, 0.4) is 0 Å². The summed E-state index contributed by atoms with van der Waals surface area (Å²) in [6, 6.07) is 53.9. The maximum Gasteiger partial charge on any atom is 0.129 e. The van der Waals surface area contributed by atoms with E-state index >= 15 is 0 Å². The van der Waals surface area contributed by atoms with Gasteiger partial charge in [-0.3, -0.25) is 0 Å². The van der Waals surface area contributed by atoms with Crippen LogP contribution in [0.2, 0.25) is 0 Å². The largest absolute Gasteiger partial charge is 0.360 e. The van der Waals surface area contributed by atoms with Crippen LogP contribution < -0.4 is 15.1 Å². The van der Waals surface area contributed by atoms with Crippen molar-refractivity contribution in [3.8, 4) is 16.8 Å². The molecular formula is C52H42N4S. The average Bonchev–Trinajstić information content (AvgIpc) is 3.90. The Labute approximate surface area is 337 Å². The van der Waals surface area contributed by atoms with Crippen LogP contribution in [0.1, 0.15) is 42.9 Å². The van der Waals surface area contributed by atoms with Crippen LogP contribution in [0, 0.1) is 5.92 Å². The Kier molecular flexibility index (Phi) is 7.28. The van der Waals surface area contributed by atoms with Crippen molar-refractivity contribution < 1.29 is 0 Å². The smallest absolute Gasteiger partial charge is 0.129 e. The van der Waals surface area contributed by atoms with Gasteiger partial charge in [0.1, 0.15) is 11.2 Å². The predicted molar refractivity (Wildman–Crippen MR) is 241 cm³/mol.